The van der Waals surface area contributed by atoms with Gasteiger partial charge in [0.1, 0.15) is 5.76 Å². The second kappa shape index (κ2) is 7.10. The second-order valence-electron chi connectivity index (χ2n) is 3.87. The van der Waals surface area contributed by atoms with E-state index >= 15 is 0 Å². The van der Waals surface area contributed by atoms with Crippen LogP contribution in [0.2, 0.25) is 0 Å². The summed E-state index contributed by atoms with van der Waals surface area (Å²) in [6.45, 7) is 5.47. The lowest BCUT2D eigenvalue weighted by Crippen LogP contribution is -2.24. The number of hydrogen-bond donors (Lipinski definition) is 1. The van der Waals surface area contributed by atoms with E-state index in [4.69, 9.17) is 10.8 Å². The third kappa shape index (κ3) is 4.09. The fraction of sp³-hybridized carbons (Fsp3) is 0.538. The topological polar surface area (TPSA) is 28.4 Å². The predicted molar refractivity (Wildman–Crippen MR) is 65.9 cm³/mol. The summed E-state index contributed by atoms with van der Waals surface area (Å²) >= 11 is 0. The lowest BCUT2D eigenvalue weighted by Gasteiger charge is -2.16. The Kier molecular flexibility index (Phi) is 5.69. The molecule has 0 aliphatic heterocycles. The van der Waals surface area contributed by atoms with Crippen LogP contribution in [0.5, 0.6) is 0 Å². The van der Waals surface area contributed by atoms with E-state index in [-0.39, 0.29) is 0 Å². The minimum atomic E-state index is 0.676. The summed E-state index contributed by atoms with van der Waals surface area (Å²) in [6, 6.07) is 2.08. The van der Waals surface area contributed by atoms with E-state index in [0.29, 0.717) is 6.54 Å². The van der Waals surface area contributed by atoms with E-state index in [1.54, 1.807) is 6.26 Å². The maximum atomic E-state index is 5.49. The highest BCUT2D eigenvalue weighted by Gasteiger charge is 2.07. The van der Waals surface area contributed by atoms with Crippen LogP contribution >= 0.6 is 0 Å². The van der Waals surface area contributed by atoms with E-state index in [9.17, 15) is 0 Å². The maximum Gasteiger partial charge on any atom is 0.118 e. The van der Waals surface area contributed by atoms with E-state index in [1.807, 2.05) is 7.05 Å². The number of nitrogens with zero attached hydrogens (tertiary/aromatic N) is 1. The second-order valence-corrected chi connectivity index (χ2v) is 3.87. The van der Waals surface area contributed by atoms with Crippen molar-refractivity contribution in [1.29, 1.82) is 0 Å². The van der Waals surface area contributed by atoms with Crippen molar-refractivity contribution in [3.8, 4) is 12.3 Å². The van der Waals surface area contributed by atoms with Gasteiger partial charge in [-0.15, -0.1) is 6.42 Å². The molecule has 1 rings (SSSR count). The van der Waals surface area contributed by atoms with Crippen molar-refractivity contribution in [2.45, 2.75) is 26.4 Å². The number of furan rings is 1. The van der Waals surface area contributed by atoms with Crippen LogP contribution in [0.3, 0.4) is 0 Å². The van der Waals surface area contributed by atoms with Crippen LogP contribution in [0.4, 0.5) is 0 Å². The molecule has 16 heavy (non-hydrogen) atoms. The molecular formula is C13H20N2O. The van der Waals surface area contributed by atoms with E-state index in [0.717, 1.165) is 31.8 Å². The molecule has 1 N–H and O–H groups in total. The van der Waals surface area contributed by atoms with Gasteiger partial charge in [-0.25, -0.2) is 0 Å². The monoisotopic (exact) mass is 220 g/mol. The number of hydrogen-bond acceptors (Lipinski definition) is 3. The molecule has 0 saturated heterocycles. The summed E-state index contributed by atoms with van der Waals surface area (Å²) in [5, 5.41) is 3.10. The normalized spacial score (nSPS) is 10.6. The average molecular weight is 220 g/mol. The first-order valence-corrected chi connectivity index (χ1v) is 5.66. The van der Waals surface area contributed by atoms with Gasteiger partial charge >= 0.3 is 0 Å². The minimum absolute atomic E-state index is 0.676. The molecule has 0 spiro atoms. The predicted octanol–water partition coefficient (Wildman–Crippen LogP) is 1.84. The molecule has 0 aromatic carbocycles. The molecule has 0 aliphatic carbocycles. The van der Waals surface area contributed by atoms with Crippen molar-refractivity contribution in [3.63, 3.8) is 0 Å². The average Bonchev–Trinajstić information content (AvgIpc) is 2.67. The zero-order valence-corrected chi connectivity index (χ0v) is 10.1. The zero-order valence-electron chi connectivity index (χ0n) is 10.1. The summed E-state index contributed by atoms with van der Waals surface area (Å²) in [4.78, 5) is 2.21. The number of nitrogens with one attached hydrogen (secondary N) is 1. The van der Waals surface area contributed by atoms with Gasteiger partial charge in [-0.3, -0.25) is 4.90 Å². The molecule has 88 valence electrons. The smallest absolute Gasteiger partial charge is 0.118 e. The largest absolute Gasteiger partial charge is 0.468 e. The van der Waals surface area contributed by atoms with Crippen LogP contribution in [0, 0.1) is 12.3 Å². The Balaban J connectivity index is 2.52. The molecule has 1 aromatic rings. The van der Waals surface area contributed by atoms with Crippen LogP contribution in [0.15, 0.2) is 16.7 Å². The third-order valence-corrected chi connectivity index (χ3v) is 2.32. The van der Waals surface area contributed by atoms with Crippen molar-refractivity contribution in [1.82, 2.24) is 10.2 Å². The SMILES string of the molecule is C#CCN(CCC)Cc1cc(CNC)co1. The van der Waals surface area contributed by atoms with Gasteiger partial charge in [0.15, 0.2) is 0 Å². The molecule has 0 unspecified atom stereocenters. The quantitative estimate of drug-likeness (QED) is 0.711. The molecule has 0 atom stereocenters. The fourth-order valence-corrected chi connectivity index (χ4v) is 1.69. The Morgan fingerprint density at radius 3 is 3.00 bits per heavy atom. The first-order chi connectivity index (χ1) is 7.80. The highest BCUT2D eigenvalue weighted by atomic mass is 16.3. The minimum Gasteiger partial charge on any atom is -0.468 e. The first-order valence-electron chi connectivity index (χ1n) is 5.66. The molecule has 3 heteroatoms. The van der Waals surface area contributed by atoms with Gasteiger partial charge in [-0.05, 0) is 26.1 Å². The summed E-state index contributed by atoms with van der Waals surface area (Å²) < 4.78 is 5.49. The Bertz CT molecular complexity index is 338. The van der Waals surface area contributed by atoms with E-state index < -0.39 is 0 Å². The van der Waals surface area contributed by atoms with Gasteiger partial charge in [-0.2, -0.15) is 0 Å². The van der Waals surface area contributed by atoms with Crippen LogP contribution in [-0.4, -0.2) is 25.0 Å². The Morgan fingerprint density at radius 2 is 2.38 bits per heavy atom. The molecule has 0 fully saturated rings. The lowest BCUT2D eigenvalue weighted by atomic mass is 10.3. The molecule has 0 bridgehead atoms. The van der Waals surface area contributed by atoms with Crippen molar-refractivity contribution in [2.24, 2.45) is 0 Å². The van der Waals surface area contributed by atoms with Crippen molar-refractivity contribution in [3.05, 3.63) is 23.7 Å². The van der Waals surface area contributed by atoms with Crippen molar-refractivity contribution in [2.75, 3.05) is 20.1 Å². The highest BCUT2D eigenvalue weighted by Crippen LogP contribution is 2.10. The first kappa shape index (κ1) is 12.8. The fourth-order valence-electron chi connectivity index (χ4n) is 1.69. The van der Waals surface area contributed by atoms with E-state index in [2.05, 4.69) is 29.1 Å². The van der Waals surface area contributed by atoms with Crippen molar-refractivity contribution >= 4 is 0 Å². The lowest BCUT2D eigenvalue weighted by molar-refractivity contribution is 0.272. The van der Waals surface area contributed by atoms with Gasteiger partial charge in [0.2, 0.25) is 0 Å². The standard InChI is InChI=1S/C13H20N2O/c1-4-6-15(7-5-2)10-13-8-12(9-14-3)11-16-13/h1,8,11,14H,5-7,9-10H2,2-3H3. The van der Waals surface area contributed by atoms with Crippen LogP contribution in [0.1, 0.15) is 24.7 Å². The molecule has 0 radical (unpaired) electrons. The third-order valence-electron chi connectivity index (χ3n) is 2.32. The zero-order chi connectivity index (χ0) is 11.8. The highest BCUT2D eigenvalue weighted by molar-refractivity contribution is 5.12. The molecule has 0 aliphatic rings. The van der Waals surface area contributed by atoms with Crippen LogP contribution in [-0.2, 0) is 13.1 Å². The molecule has 3 nitrogen and oxygen atoms in total. The van der Waals surface area contributed by atoms with Gasteiger partial charge in [0.25, 0.3) is 0 Å². The maximum absolute atomic E-state index is 5.49. The van der Waals surface area contributed by atoms with Gasteiger partial charge < -0.3 is 9.73 Å². The van der Waals surface area contributed by atoms with Gasteiger partial charge in [0.05, 0.1) is 19.4 Å². The molecular weight excluding hydrogens is 200 g/mol. The van der Waals surface area contributed by atoms with Crippen LogP contribution in [0.25, 0.3) is 0 Å². The van der Waals surface area contributed by atoms with Gasteiger partial charge in [0, 0.05) is 12.1 Å². The summed E-state index contributed by atoms with van der Waals surface area (Å²) in [5.41, 5.74) is 1.18. The summed E-state index contributed by atoms with van der Waals surface area (Å²) in [7, 11) is 1.93. The summed E-state index contributed by atoms with van der Waals surface area (Å²) in [5.74, 6) is 3.66. The van der Waals surface area contributed by atoms with Gasteiger partial charge in [-0.1, -0.05) is 12.8 Å². The Morgan fingerprint density at radius 1 is 1.56 bits per heavy atom. The number of rotatable bonds is 7. The Labute approximate surface area is 97.8 Å². The number of terminal acetylenes is 1. The van der Waals surface area contributed by atoms with Crippen molar-refractivity contribution < 1.29 is 4.42 Å². The van der Waals surface area contributed by atoms with E-state index in [1.165, 1.54) is 5.56 Å². The molecule has 1 aromatic heterocycles. The van der Waals surface area contributed by atoms with Crippen LogP contribution < -0.4 is 5.32 Å². The summed E-state index contributed by atoms with van der Waals surface area (Å²) in [6.07, 6.45) is 8.23. The molecule has 1 heterocycles. The molecule has 0 amide bonds. The Hall–Kier alpha value is -1.24. The molecule has 0 saturated carbocycles.